The van der Waals surface area contributed by atoms with E-state index in [-0.39, 0.29) is 16.9 Å². The molecule has 1 aliphatic rings. The molecule has 1 fully saturated rings. The van der Waals surface area contributed by atoms with Crippen LogP contribution in [0, 0.1) is 19.3 Å². The van der Waals surface area contributed by atoms with Crippen LogP contribution in [0.15, 0.2) is 4.79 Å². The van der Waals surface area contributed by atoms with Crippen LogP contribution in [0.3, 0.4) is 0 Å². The SMILES string of the molecule is Cc1nc2c(c(C)c1CCC(=O)NCC1(C)CCNCC1)c(=O)[nH]n2C. The minimum Gasteiger partial charge on any atom is -0.356 e. The Morgan fingerprint density at radius 2 is 2.00 bits per heavy atom. The van der Waals surface area contributed by atoms with Crippen molar-refractivity contribution in [1.29, 1.82) is 0 Å². The number of nitrogens with zero attached hydrogens (tertiary/aromatic N) is 2. The molecule has 1 amide bonds. The van der Waals surface area contributed by atoms with Crippen LogP contribution in [0.2, 0.25) is 0 Å². The number of hydrogen-bond acceptors (Lipinski definition) is 4. The Labute approximate surface area is 153 Å². The van der Waals surface area contributed by atoms with Gasteiger partial charge in [-0.3, -0.25) is 19.4 Å². The first-order valence-electron chi connectivity index (χ1n) is 9.33. The van der Waals surface area contributed by atoms with E-state index >= 15 is 0 Å². The number of aryl methyl sites for hydroxylation is 3. The van der Waals surface area contributed by atoms with E-state index in [4.69, 9.17) is 0 Å². The van der Waals surface area contributed by atoms with E-state index in [0.717, 1.165) is 49.3 Å². The Balaban J connectivity index is 1.66. The van der Waals surface area contributed by atoms with E-state index in [9.17, 15) is 9.59 Å². The third kappa shape index (κ3) is 3.67. The Morgan fingerprint density at radius 3 is 2.69 bits per heavy atom. The van der Waals surface area contributed by atoms with Crippen molar-refractivity contribution in [2.24, 2.45) is 12.5 Å². The highest BCUT2D eigenvalue weighted by molar-refractivity contribution is 5.81. The van der Waals surface area contributed by atoms with E-state index in [1.807, 2.05) is 13.8 Å². The van der Waals surface area contributed by atoms with Crippen molar-refractivity contribution in [2.45, 2.75) is 46.5 Å². The summed E-state index contributed by atoms with van der Waals surface area (Å²) in [5.74, 6) is 0.0608. The van der Waals surface area contributed by atoms with Gasteiger partial charge in [-0.2, -0.15) is 0 Å². The molecule has 3 heterocycles. The molecule has 7 nitrogen and oxygen atoms in total. The van der Waals surface area contributed by atoms with E-state index < -0.39 is 0 Å². The van der Waals surface area contributed by atoms with Crippen LogP contribution in [0.1, 0.15) is 43.0 Å². The van der Waals surface area contributed by atoms with Crippen LogP contribution < -0.4 is 16.2 Å². The van der Waals surface area contributed by atoms with Crippen molar-refractivity contribution in [3.8, 4) is 0 Å². The number of nitrogens with one attached hydrogen (secondary N) is 3. The van der Waals surface area contributed by atoms with Crippen molar-refractivity contribution in [1.82, 2.24) is 25.4 Å². The molecule has 142 valence electrons. The van der Waals surface area contributed by atoms with Gasteiger partial charge in [-0.25, -0.2) is 4.98 Å². The average Bonchev–Trinajstić information content (AvgIpc) is 2.87. The number of amides is 1. The van der Waals surface area contributed by atoms with Gasteiger partial charge in [-0.15, -0.1) is 0 Å². The molecule has 26 heavy (non-hydrogen) atoms. The molecule has 0 aromatic carbocycles. The molecule has 2 aromatic heterocycles. The predicted octanol–water partition coefficient (Wildman–Crippen LogP) is 1.32. The van der Waals surface area contributed by atoms with Gasteiger partial charge in [-0.1, -0.05) is 6.92 Å². The quantitative estimate of drug-likeness (QED) is 0.751. The van der Waals surface area contributed by atoms with Crippen LogP contribution in [0.25, 0.3) is 11.0 Å². The Hall–Kier alpha value is -2.15. The lowest BCUT2D eigenvalue weighted by molar-refractivity contribution is -0.121. The number of hydrogen-bond donors (Lipinski definition) is 3. The summed E-state index contributed by atoms with van der Waals surface area (Å²) >= 11 is 0. The number of aromatic amines is 1. The van der Waals surface area contributed by atoms with Gasteiger partial charge in [0.2, 0.25) is 5.91 Å². The monoisotopic (exact) mass is 359 g/mol. The molecule has 0 aliphatic carbocycles. The molecule has 2 aromatic rings. The molecule has 0 radical (unpaired) electrons. The molecule has 3 N–H and O–H groups in total. The van der Waals surface area contributed by atoms with Crippen molar-refractivity contribution in [3.63, 3.8) is 0 Å². The van der Waals surface area contributed by atoms with Crippen LogP contribution in [0.4, 0.5) is 0 Å². The van der Waals surface area contributed by atoms with Gasteiger partial charge in [0.25, 0.3) is 5.56 Å². The zero-order valence-electron chi connectivity index (χ0n) is 16.2. The number of fused-ring (bicyclic) bond motifs is 1. The lowest BCUT2D eigenvalue weighted by Crippen LogP contribution is -2.42. The molecule has 3 rings (SSSR count). The van der Waals surface area contributed by atoms with E-state index in [2.05, 4.69) is 27.6 Å². The second-order valence-corrected chi connectivity index (χ2v) is 7.84. The van der Waals surface area contributed by atoms with Gasteiger partial charge in [0.1, 0.15) is 0 Å². The second kappa shape index (κ2) is 7.23. The van der Waals surface area contributed by atoms with Gasteiger partial charge < -0.3 is 10.6 Å². The second-order valence-electron chi connectivity index (χ2n) is 7.84. The third-order valence-electron chi connectivity index (χ3n) is 5.70. The first-order chi connectivity index (χ1) is 12.3. The average molecular weight is 359 g/mol. The Bertz CT molecular complexity index is 874. The molecule has 1 saturated heterocycles. The number of pyridine rings is 1. The molecule has 1 aliphatic heterocycles. The lowest BCUT2D eigenvalue weighted by Gasteiger charge is -2.34. The molecular formula is C19H29N5O2. The van der Waals surface area contributed by atoms with Crippen LogP contribution >= 0.6 is 0 Å². The Kier molecular flexibility index (Phi) is 5.18. The topological polar surface area (TPSA) is 91.8 Å². The van der Waals surface area contributed by atoms with Gasteiger partial charge in [-0.05, 0) is 62.7 Å². The third-order valence-corrected chi connectivity index (χ3v) is 5.70. The molecule has 0 saturated carbocycles. The Morgan fingerprint density at radius 1 is 1.31 bits per heavy atom. The molecule has 0 atom stereocenters. The molecular weight excluding hydrogens is 330 g/mol. The summed E-state index contributed by atoms with van der Waals surface area (Å²) < 4.78 is 1.65. The van der Waals surface area contributed by atoms with Crippen LogP contribution in [-0.4, -0.2) is 40.3 Å². The fraction of sp³-hybridized carbons (Fsp3) is 0.632. The number of carbonyl (C=O) groups excluding carboxylic acids is 1. The highest BCUT2D eigenvalue weighted by Gasteiger charge is 2.27. The summed E-state index contributed by atoms with van der Waals surface area (Å²) in [7, 11) is 1.78. The summed E-state index contributed by atoms with van der Waals surface area (Å²) in [6.45, 7) is 8.87. The zero-order chi connectivity index (χ0) is 18.9. The summed E-state index contributed by atoms with van der Waals surface area (Å²) in [6.07, 6.45) is 3.18. The van der Waals surface area contributed by atoms with Crippen LogP contribution in [0.5, 0.6) is 0 Å². The van der Waals surface area contributed by atoms with Gasteiger partial charge in [0.15, 0.2) is 5.65 Å². The first-order valence-corrected chi connectivity index (χ1v) is 9.33. The molecule has 7 heteroatoms. The lowest BCUT2D eigenvalue weighted by atomic mass is 9.81. The van der Waals surface area contributed by atoms with Gasteiger partial charge in [0, 0.05) is 25.7 Å². The summed E-state index contributed by atoms with van der Waals surface area (Å²) in [4.78, 5) is 29.0. The van der Waals surface area contributed by atoms with Gasteiger partial charge in [0.05, 0.1) is 5.39 Å². The smallest absolute Gasteiger partial charge is 0.273 e. The number of carbonyl (C=O) groups is 1. The van der Waals surface area contributed by atoms with Crippen LogP contribution in [-0.2, 0) is 18.3 Å². The van der Waals surface area contributed by atoms with E-state index in [1.165, 1.54) is 0 Å². The first kappa shape index (κ1) is 18.6. The van der Waals surface area contributed by atoms with Crippen molar-refractivity contribution >= 4 is 16.9 Å². The highest BCUT2D eigenvalue weighted by Crippen LogP contribution is 2.26. The number of aromatic nitrogens is 3. The molecule has 0 spiro atoms. The molecule has 0 unspecified atom stereocenters. The maximum Gasteiger partial charge on any atom is 0.273 e. The maximum atomic E-state index is 12.3. The largest absolute Gasteiger partial charge is 0.356 e. The highest BCUT2D eigenvalue weighted by atomic mass is 16.1. The number of rotatable bonds is 5. The zero-order valence-corrected chi connectivity index (χ0v) is 16.2. The summed E-state index contributed by atoms with van der Waals surface area (Å²) in [6, 6.07) is 0. The standard InChI is InChI=1S/C19H29N5O2/c1-12-14(13(2)22-17-16(12)18(26)23-24(17)4)5-6-15(25)21-11-19(3)7-9-20-10-8-19/h20H,5-11H2,1-4H3,(H,21,25)(H,23,26). The van der Waals surface area contributed by atoms with Crippen molar-refractivity contribution in [2.75, 3.05) is 19.6 Å². The van der Waals surface area contributed by atoms with E-state index in [0.29, 0.717) is 23.9 Å². The van der Waals surface area contributed by atoms with Gasteiger partial charge >= 0.3 is 0 Å². The summed E-state index contributed by atoms with van der Waals surface area (Å²) in [5.41, 5.74) is 3.52. The molecule has 0 bridgehead atoms. The number of piperidine rings is 1. The fourth-order valence-electron chi connectivity index (χ4n) is 3.86. The maximum absolute atomic E-state index is 12.3. The number of H-pyrrole nitrogens is 1. The normalized spacial score (nSPS) is 16.8. The minimum atomic E-state index is -0.128. The van der Waals surface area contributed by atoms with Crippen molar-refractivity contribution < 1.29 is 4.79 Å². The predicted molar refractivity (Wildman–Crippen MR) is 102 cm³/mol. The fourth-order valence-corrected chi connectivity index (χ4v) is 3.86. The minimum absolute atomic E-state index is 0.0608. The van der Waals surface area contributed by atoms with Crippen molar-refractivity contribution in [3.05, 3.63) is 27.2 Å². The van der Waals surface area contributed by atoms with E-state index in [1.54, 1.807) is 11.7 Å². The summed E-state index contributed by atoms with van der Waals surface area (Å²) in [5, 5.41) is 9.83.